The van der Waals surface area contributed by atoms with E-state index >= 15 is 0 Å². The monoisotopic (exact) mass is 297 g/mol. The largest absolute Gasteiger partial charge is 0.388 e. The molecule has 0 aromatic heterocycles. The zero-order chi connectivity index (χ0) is 14.4. The molecule has 0 spiro atoms. The zero-order valence-corrected chi connectivity index (χ0v) is 11.5. The highest BCUT2D eigenvalue weighted by atomic mass is 32.2. The smallest absolute Gasteiger partial charge is 0.337 e. The van der Waals surface area contributed by atoms with Crippen molar-refractivity contribution in [1.29, 1.82) is 0 Å². The van der Waals surface area contributed by atoms with Crippen molar-refractivity contribution in [2.45, 2.75) is 18.8 Å². The van der Waals surface area contributed by atoms with E-state index in [2.05, 4.69) is 20.7 Å². The third-order valence-electron chi connectivity index (χ3n) is 2.59. The number of aliphatic hydroxyl groups excluding tert-OH is 1. The number of benzene rings is 1. The Kier molecular flexibility index (Phi) is 5.11. The summed E-state index contributed by atoms with van der Waals surface area (Å²) in [4.78, 5) is 0. The van der Waals surface area contributed by atoms with Gasteiger partial charge in [-0.2, -0.15) is 13.1 Å². The molecule has 0 saturated carbocycles. The van der Waals surface area contributed by atoms with Gasteiger partial charge in [0.05, 0.1) is 13.2 Å². The predicted molar refractivity (Wildman–Crippen MR) is 71.7 cm³/mol. The Balaban J connectivity index is 1.79. The minimum Gasteiger partial charge on any atom is -0.388 e. The summed E-state index contributed by atoms with van der Waals surface area (Å²) in [5.74, 6) is 5.30. The molecule has 1 aliphatic heterocycles. The SMILES string of the molecule is O=S1(=O)N[C@H](C#CCOCc2ccccc2)[C@H](O)CO1. The van der Waals surface area contributed by atoms with Gasteiger partial charge in [-0.25, -0.2) is 0 Å². The second-order valence-electron chi connectivity index (χ2n) is 4.20. The molecule has 1 heterocycles. The first-order valence-corrected chi connectivity index (χ1v) is 7.42. The van der Waals surface area contributed by atoms with Gasteiger partial charge in [-0.3, -0.25) is 4.18 Å². The molecule has 1 saturated heterocycles. The number of aliphatic hydroxyl groups is 1. The van der Waals surface area contributed by atoms with Gasteiger partial charge in [0.2, 0.25) is 0 Å². The summed E-state index contributed by atoms with van der Waals surface area (Å²) in [5, 5.41) is 9.54. The van der Waals surface area contributed by atoms with Gasteiger partial charge in [-0.05, 0) is 5.56 Å². The Hall–Kier alpha value is -1.43. The van der Waals surface area contributed by atoms with Crippen molar-refractivity contribution in [3.8, 4) is 11.8 Å². The fraction of sp³-hybridized carbons (Fsp3) is 0.385. The maximum atomic E-state index is 11.1. The highest BCUT2D eigenvalue weighted by molar-refractivity contribution is 7.84. The van der Waals surface area contributed by atoms with Gasteiger partial charge in [-0.15, -0.1) is 0 Å². The molecule has 2 rings (SSSR count). The number of ether oxygens (including phenoxy) is 1. The van der Waals surface area contributed by atoms with Crippen LogP contribution in [-0.2, 0) is 25.8 Å². The van der Waals surface area contributed by atoms with E-state index in [-0.39, 0.29) is 13.2 Å². The number of hydrogen-bond acceptors (Lipinski definition) is 5. The van der Waals surface area contributed by atoms with Crippen LogP contribution in [0.4, 0.5) is 0 Å². The summed E-state index contributed by atoms with van der Waals surface area (Å²) >= 11 is 0. The van der Waals surface area contributed by atoms with Crippen LogP contribution in [0, 0.1) is 11.8 Å². The Labute approximate surface area is 118 Å². The lowest BCUT2D eigenvalue weighted by molar-refractivity contribution is 0.0787. The van der Waals surface area contributed by atoms with Gasteiger partial charge in [0.25, 0.3) is 0 Å². The average Bonchev–Trinajstić information content (AvgIpc) is 2.43. The van der Waals surface area contributed by atoms with Gasteiger partial charge < -0.3 is 9.84 Å². The van der Waals surface area contributed by atoms with Crippen LogP contribution in [0.3, 0.4) is 0 Å². The highest BCUT2D eigenvalue weighted by Gasteiger charge is 2.30. The van der Waals surface area contributed by atoms with Crippen molar-refractivity contribution in [2.75, 3.05) is 13.2 Å². The van der Waals surface area contributed by atoms with E-state index in [9.17, 15) is 13.5 Å². The average molecular weight is 297 g/mol. The van der Waals surface area contributed by atoms with Crippen LogP contribution < -0.4 is 4.72 Å². The second-order valence-corrected chi connectivity index (χ2v) is 5.58. The first-order chi connectivity index (χ1) is 9.57. The van der Waals surface area contributed by atoms with E-state index in [1.165, 1.54) is 0 Å². The number of hydrogen-bond donors (Lipinski definition) is 2. The fourth-order valence-electron chi connectivity index (χ4n) is 1.60. The molecule has 0 bridgehead atoms. The lowest BCUT2D eigenvalue weighted by Crippen LogP contribution is -2.50. The van der Waals surface area contributed by atoms with E-state index in [0.717, 1.165) is 5.56 Å². The second kappa shape index (κ2) is 6.83. The predicted octanol–water partition coefficient (Wildman–Crippen LogP) is -0.199. The molecule has 2 atom stereocenters. The molecule has 20 heavy (non-hydrogen) atoms. The van der Waals surface area contributed by atoms with E-state index in [1.54, 1.807) is 0 Å². The molecule has 7 heteroatoms. The Bertz CT molecular complexity index is 590. The number of nitrogens with one attached hydrogen (secondary N) is 1. The molecule has 0 radical (unpaired) electrons. The lowest BCUT2D eigenvalue weighted by Gasteiger charge is -2.24. The summed E-state index contributed by atoms with van der Waals surface area (Å²) in [5.41, 5.74) is 1.03. The highest BCUT2D eigenvalue weighted by Crippen LogP contribution is 2.06. The van der Waals surface area contributed by atoms with Crippen molar-refractivity contribution >= 4 is 10.3 Å². The van der Waals surface area contributed by atoms with Gasteiger partial charge >= 0.3 is 10.3 Å². The van der Waals surface area contributed by atoms with Gasteiger partial charge in [-0.1, -0.05) is 42.2 Å². The third-order valence-corrected chi connectivity index (χ3v) is 3.58. The Morgan fingerprint density at radius 2 is 2.15 bits per heavy atom. The van der Waals surface area contributed by atoms with Crippen molar-refractivity contribution in [1.82, 2.24) is 4.72 Å². The van der Waals surface area contributed by atoms with Crippen molar-refractivity contribution in [3.63, 3.8) is 0 Å². The van der Waals surface area contributed by atoms with E-state index in [4.69, 9.17) is 4.74 Å². The van der Waals surface area contributed by atoms with Crippen molar-refractivity contribution < 1.29 is 22.4 Å². The van der Waals surface area contributed by atoms with Crippen LogP contribution in [0.1, 0.15) is 5.56 Å². The lowest BCUT2D eigenvalue weighted by atomic mass is 10.2. The molecule has 0 aliphatic carbocycles. The maximum Gasteiger partial charge on any atom is 0.337 e. The van der Waals surface area contributed by atoms with Crippen LogP contribution in [-0.4, -0.2) is 38.9 Å². The molecule has 2 N–H and O–H groups in total. The molecule has 1 aromatic carbocycles. The zero-order valence-electron chi connectivity index (χ0n) is 10.7. The topological polar surface area (TPSA) is 84.9 Å². The summed E-state index contributed by atoms with van der Waals surface area (Å²) in [6.45, 7) is 0.290. The first kappa shape index (κ1) is 15.0. The summed E-state index contributed by atoms with van der Waals surface area (Å²) < 4.78 is 34.1. The minimum atomic E-state index is -3.80. The van der Waals surface area contributed by atoms with E-state index in [1.807, 2.05) is 30.3 Å². The molecular weight excluding hydrogens is 282 g/mol. The molecule has 6 nitrogen and oxygen atoms in total. The minimum absolute atomic E-state index is 0.153. The van der Waals surface area contributed by atoms with Crippen LogP contribution in [0.25, 0.3) is 0 Å². The molecular formula is C13H15NO5S. The van der Waals surface area contributed by atoms with E-state index < -0.39 is 22.4 Å². The standard InChI is InChI=1S/C13H15NO5S/c15-13-10-19-20(16,17)14-12(13)7-4-8-18-9-11-5-2-1-3-6-11/h1-3,5-6,12-15H,8-10H2/t12-,13-/m1/s1. The van der Waals surface area contributed by atoms with Crippen LogP contribution >= 0.6 is 0 Å². The van der Waals surface area contributed by atoms with Gasteiger partial charge in [0, 0.05) is 0 Å². The van der Waals surface area contributed by atoms with E-state index in [0.29, 0.717) is 6.61 Å². The molecule has 0 unspecified atom stereocenters. The molecule has 108 valence electrons. The van der Waals surface area contributed by atoms with Crippen LogP contribution in [0.15, 0.2) is 30.3 Å². The van der Waals surface area contributed by atoms with Gasteiger partial charge in [0.1, 0.15) is 18.8 Å². The summed E-state index contributed by atoms with van der Waals surface area (Å²) in [6, 6.07) is 8.75. The molecule has 1 aliphatic rings. The van der Waals surface area contributed by atoms with Gasteiger partial charge in [0.15, 0.2) is 0 Å². The van der Waals surface area contributed by atoms with Crippen LogP contribution in [0.5, 0.6) is 0 Å². The summed E-state index contributed by atoms with van der Waals surface area (Å²) in [6.07, 6.45) is -0.986. The van der Waals surface area contributed by atoms with Crippen LogP contribution in [0.2, 0.25) is 0 Å². The molecule has 1 fully saturated rings. The third kappa shape index (κ3) is 4.59. The Morgan fingerprint density at radius 1 is 1.40 bits per heavy atom. The maximum absolute atomic E-state index is 11.1. The fourth-order valence-corrected chi connectivity index (χ4v) is 2.51. The normalized spacial score (nSPS) is 24.6. The summed E-state index contributed by atoms with van der Waals surface area (Å²) in [7, 11) is -3.80. The Morgan fingerprint density at radius 3 is 2.90 bits per heavy atom. The molecule has 0 amide bonds. The molecule has 1 aromatic rings. The quantitative estimate of drug-likeness (QED) is 0.596. The first-order valence-electron chi connectivity index (χ1n) is 6.02. The number of rotatable bonds is 3. The van der Waals surface area contributed by atoms with Crippen molar-refractivity contribution in [2.24, 2.45) is 0 Å². The van der Waals surface area contributed by atoms with Crippen molar-refractivity contribution in [3.05, 3.63) is 35.9 Å².